The predicted octanol–water partition coefficient (Wildman–Crippen LogP) is 2.17. The molecule has 1 heterocycles. The minimum absolute atomic E-state index is 0.133. The molecular weight excluding hydrogens is 416 g/mol. The number of fused-ring (bicyclic) bond motifs is 1. The summed E-state index contributed by atoms with van der Waals surface area (Å²) >= 11 is 0. The molecule has 0 spiro atoms. The Balaban J connectivity index is 1.45. The van der Waals surface area contributed by atoms with Gasteiger partial charge >= 0.3 is 0 Å². The fraction of sp³-hybridized carbons (Fsp3) is 0.591. The Morgan fingerprint density at radius 1 is 1.41 bits per heavy atom. The van der Waals surface area contributed by atoms with Gasteiger partial charge in [-0.3, -0.25) is 4.79 Å². The molecule has 0 bridgehead atoms. The Bertz CT molecular complexity index is 917. The Morgan fingerprint density at radius 3 is 2.94 bits per heavy atom. The zero-order valence-corrected chi connectivity index (χ0v) is 18.6. The molecular formula is C22H32N4O6. The van der Waals surface area contributed by atoms with E-state index in [9.17, 15) is 20.0 Å². The number of amides is 1. The third-order valence-electron chi connectivity index (χ3n) is 5.79. The third-order valence-corrected chi connectivity index (χ3v) is 5.79. The van der Waals surface area contributed by atoms with Crippen molar-refractivity contribution in [2.45, 2.75) is 57.8 Å². The number of nitrogens with zero attached hydrogens (tertiary/aromatic N) is 2. The van der Waals surface area contributed by atoms with Gasteiger partial charge in [-0.05, 0) is 38.0 Å². The molecule has 1 saturated carbocycles. The van der Waals surface area contributed by atoms with Crippen LogP contribution in [0.4, 0.5) is 0 Å². The van der Waals surface area contributed by atoms with E-state index in [1.165, 1.54) is 6.92 Å². The number of hydrogen-bond donors (Lipinski definition) is 3. The highest BCUT2D eigenvalue weighted by atomic mass is 17.0. The minimum Gasteiger partial charge on any atom is -0.490 e. The molecule has 1 amide bonds. The summed E-state index contributed by atoms with van der Waals surface area (Å²) in [6.45, 7) is 4.70. The number of aliphatic hydroxyl groups is 1. The first kappa shape index (κ1) is 23.8. The Hall–Kier alpha value is -2.85. The first-order valence-corrected chi connectivity index (χ1v) is 11.0. The lowest BCUT2D eigenvalue weighted by atomic mass is 9.91. The van der Waals surface area contributed by atoms with Gasteiger partial charge in [-0.1, -0.05) is 18.9 Å². The van der Waals surface area contributed by atoms with Gasteiger partial charge in [-0.25, -0.2) is 0 Å². The number of aromatic amines is 1. The Kier molecular flexibility index (Phi) is 8.29. The van der Waals surface area contributed by atoms with Crippen molar-refractivity contribution in [2.24, 2.45) is 0 Å². The van der Waals surface area contributed by atoms with Crippen LogP contribution in [0.1, 0.15) is 38.3 Å². The molecule has 1 aliphatic rings. The van der Waals surface area contributed by atoms with Gasteiger partial charge < -0.3 is 29.9 Å². The van der Waals surface area contributed by atoms with Crippen LogP contribution in [0.5, 0.6) is 5.75 Å². The van der Waals surface area contributed by atoms with Gasteiger partial charge in [0.15, 0.2) is 0 Å². The number of nitrogens with one attached hydrogen (secondary N) is 2. The largest absolute Gasteiger partial charge is 0.490 e. The number of carbonyl (C=O) groups is 1. The molecule has 3 N–H and O–H groups in total. The fourth-order valence-electron chi connectivity index (χ4n) is 4.33. The molecule has 32 heavy (non-hydrogen) atoms. The lowest BCUT2D eigenvalue weighted by Gasteiger charge is -2.38. The van der Waals surface area contributed by atoms with Crippen LogP contribution in [0.15, 0.2) is 24.3 Å². The van der Waals surface area contributed by atoms with Gasteiger partial charge in [0.1, 0.15) is 24.6 Å². The number of hydrogen-bond acceptors (Lipinski definition) is 7. The first-order valence-electron chi connectivity index (χ1n) is 11.0. The number of aromatic nitrogens is 1. The normalized spacial score (nSPS) is 19.5. The number of aliphatic hydroxyl groups excluding tert-OH is 1. The van der Waals surface area contributed by atoms with Crippen molar-refractivity contribution in [3.05, 3.63) is 40.1 Å². The monoisotopic (exact) mass is 448 g/mol. The van der Waals surface area contributed by atoms with Gasteiger partial charge in [-0.2, -0.15) is 0 Å². The van der Waals surface area contributed by atoms with Crippen molar-refractivity contribution >= 4 is 16.8 Å². The van der Waals surface area contributed by atoms with Crippen LogP contribution in [0, 0.1) is 17.0 Å². The average molecular weight is 449 g/mol. The number of carbonyl (C=O) groups excluding carboxylic acids is 1. The number of ether oxygens (including phenoxy) is 1. The molecule has 0 saturated heterocycles. The molecule has 1 aliphatic carbocycles. The van der Waals surface area contributed by atoms with Crippen LogP contribution in [0.25, 0.3) is 10.9 Å². The second-order valence-corrected chi connectivity index (χ2v) is 8.27. The highest BCUT2D eigenvalue weighted by Gasteiger charge is 2.33. The average Bonchev–Trinajstić information content (AvgIpc) is 3.13. The first-order chi connectivity index (χ1) is 15.3. The summed E-state index contributed by atoms with van der Waals surface area (Å²) in [6.07, 6.45) is 1.67. The van der Waals surface area contributed by atoms with Crippen LogP contribution in [0.3, 0.4) is 0 Å². The maximum atomic E-state index is 12.2. The smallest absolute Gasteiger partial charge is 0.294 e. The number of aryl methyl sites for hydroxylation is 1. The summed E-state index contributed by atoms with van der Waals surface area (Å²) in [7, 11) is 0. The molecule has 10 nitrogen and oxygen atoms in total. The van der Waals surface area contributed by atoms with Crippen molar-refractivity contribution < 1.29 is 24.6 Å². The van der Waals surface area contributed by atoms with Gasteiger partial charge in [0.25, 0.3) is 5.09 Å². The quantitative estimate of drug-likeness (QED) is 0.273. The zero-order chi connectivity index (χ0) is 23.1. The topological polar surface area (TPSA) is 130 Å². The third kappa shape index (κ3) is 6.33. The van der Waals surface area contributed by atoms with E-state index < -0.39 is 17.3 Å². The van der Waals surface area contributed by atoms with Crippen molar-refractivity contribution in [3.63, 3.8) is 0 Å². The molecule has 176 valence electrons. The summed E-state index contributed by atoms with van der Waals surface area (Å²) in [5.74, 6) is 0.567. The fourth-order valence-corrected chi connectivity index (χ4v) is 4.33. The number of H-pyrrole nitrogens is 1. The van der Waals surface area contributed by atoms with E-state index >= 15 is 0 Å². The summed E-state index contributed by atoms with van der Waals surface area (Å²) in [4.78, 5) is 32.7. The van der Waals surface area contributed by atoms with Crippen molar-refractivity contribution in [1.29, 1.82) is 0 Å². The predicted molar refractivity (Wildman–Crippen MR) is 119 cm³/mol. The van der Waals surface area contributed by atoms with Crippen LogP contribution in [0.2, 0.25) is 0 Å². The van der Waals surface area contributed by atoms with Crippen LogP contribution in [-0.2, 0) is 9.63 Å². The summed E-state index contributed by atoms with van der Waals surface area (Å²) < 4.78 is 5.80. The van der Waals surface area contributed by atoms with Crippen LogP contribution < -0.4 is 10.1 Å². The van der Waals surface area contributed by atoms with E-state index in [4.69, 9.17) is 9.57 Å². The highest BCUT2D eigenvalue weighted by Crippen LogP contribution is 2.27. The lowest BCUT2D eigenvalue weighted by molar-refractivity contribution is -0.770. The second kappa shape index (κ2) is 11.1. The molecule has 0 aliphatic heterocycles. The Labute approximate surface area is 187 Å². The van der Waals surface area contributed by atoms with Gasteiger partial charge in [0.05, 0.1) is 6.04 Å². The van der Waals surface area contributed by atoms with E-state index in [1.807, 2.05) is 31.2 Å². The molecule has 1 aromatic carbocycles. The van der Waals surface area contributed by atoms with E-state index in [1.54, 1.807) is 4.90 Å². The Morgan fingerprint density at radius 2 is 2.19 bits per heavy atom. The van der Waals surface area contributed by atoms with Crippen molar-refractivity contribution in [1.82, 2.24) is 15.2 Å². The molecule has 10 heteroatoms. The van der Waals surface area contributed by atoms with E-state index in [0.717, 1.165) is 29.4 Å². The number of rotatable bonds is 11. The van der Waals surface area contributed by atoms with Crippen LogP contribution >= 0.6 is 0 Å². The summed E-state index contributed by atoms with van der Waals surface area (Å²) in [5, 5.41) is 24.4. The van der Waals surface area contributed by atoms with E-state index in [2.05, 4.69) is 10.3 Å². The summed E-state index contributed by atoms with van der Waals surface area (Å²) in [5.41, 5.74) is 2.02. The van der Waals surface area contributed by atoms with Crippen molar-refractivity contribution in [3.8, 4) is 5.75 Å². The lowest BCUT2D eigenvalue weighted by Crippen LogP contribution is -2.51. The standard InChI is InChI=1S/C22H32N4O6/c1-15-12-18-19(24-15)6-5-9-21(18)31-14-17(28)13-23-10-11-25(16(2)27)20-7-3-4-8-22(20)32-26(29)30/h5-6,9,12,17,20,22-24,28H,3-4,7-8,10-11,13-14H2,1-2H3/t17?,20-,22-/m1/s1. The summed E-state index contributed by atoms with van der Waals surface area (Å²) in [6, 6.07) is 7.44. The molecule has 1 fully saturated rings. The highest BCUT2D eigenvalue weighted by molar-refractivity contribution is 5.86. The van der Waals surface area contributed by atoms with Crippen molar-refractivity contribution in [2.75, 3.05) is 26.2 Å². The van der Waals surface area contributed by atoms with Gasteiger partial charge in [-0.15, -0.1) is 10.1 Å². The van der Waals surface area contributed by atoms with Gasteiger partial charge in [0.2, 0.25) is 5.91 Å². The molecule has 2 aromatic rings. The molecule has 0 radical (unpaired) electrons. The molecule has 1 unspecified atom stereocenters. The van der Waals surface area contributed by atoms with E-state index in [0.29, 0.717) is 38.2 Å². The molecule has 1 aromatic heterocycles. The SMILES string of the molecule is CC(=O)N(CCNCC(O)COc1cccc2[nH]c(C)cc12)[C@@H]1CCCC[C@H]1O[N+](=O)[O-]. The molecule has 3 rings (SSSR count). The van der Waals surface area contributed by atoms with Crippen LogP contribution in [-0.4, -0.2) is 70.5 Å². The minimum atomic E-state index is -0.773. The number of benzene rings is 1. The maximum Gasteiger partial charge on any atom is 0.294 e. The van der Waals surface area contributed by atoms with E-state index in [-0.39, 0.29) is 18.6 Å². The second-order valence-electron chi connectivity index (χ2n) is 8.27. The van der Waals surface area contributed by atoms with Gasteiger partial charge in [0, 0.05) is 43.2 Å². The molecule has 3 atom stereocenters. The maximum absolute atomic E-state index is 12.2. The zero-order valence-electron chi connectivity index (χ0n) is 18.6.